The number of pyridine rings is 1. The second-order valence-electron chi connectivity index (χ2n) is 9.30. The Morgan fingerprint density at radius 2 is 2.00 bits per heavy atom. The zero-order chi connectivity index (χ0) is 25.1. The molecule has 188 valence electrons. The topological polar surface area (TPSA) is 95.5 Å². The van der Waals surface area contributed by atoms with Gasteiger partial charge in [0.15, 0.2) is 5.82 Å². The molecule has 1 saturated heterocycles. The van der Waals surface area contributed by atoms with Gasteiger partial charge < -0.3 is 23.5 Å². The van der Waals surface area contributed by atoms with E-state index in [2.05, 4.69) is 20.0 Å². The van der Waals surface area contributed by atoms with Crippen LogP contribution in [0.3, 0.4) is 0 Å². The quantitative estimate of drug-likeness (QED) is 0.334. The summed E-state index contributed by atoms with van der Waals surface area (Å²) in [5.41, 5.74) is 1.95. The number of carbonyl (C=O) groups is 1. The van der Waals surface area contributed by atoms with Crippen LogP contribution in [0.15, 0.2) is 53.3 Å². The molecule has 4 heterocycles. The van der Waals surface area contributed by atoms with E-state index in [4.69, 9.17) is 14.0 Å². The van der Waals surface area contributed by atoms with E-state index in [0.717, 1.165) is 66.2 Å². The van der Waals surface area contributed by atoms with E-state index in [9.17, 15) is 4.79 Å². The van der Waals surface area contributed by atoms with Gasteiger partial charge in [-0.3, -0.25) is 4.79 Å². The van der Waals surface area contributed by atoms with E-state index < -0.39 is 0 Å². The smallest absolute Gasteiger partial charge is 0.324 e. The number of aryl methyl sites for hydroxylation is 1. The van der Waals surface area contributed by atoms with Gasteiger partial charge in [-0.1, -0.05) is 18.1 Å². The summed E-state index contributed by atoms with van der Waals surface area (Å²) in [4.78, 5) is 23.2. The van der Waals surface area contributed by atoms with Crippen LogP contribution in [-0.4, -0.2) is 51.0 Å². The molecule has 9 heteroatoms. The van der Waals surface area contributed by atoms with Crippen molar-refractivity contribution in [3.63, 3.8) is 0 Å². The molecule has 4 aromatic rings. The SMILES string of the molecule is CCc1noc(N2CCC(Oc3ccc(-n4ccc5cc(CC(=O)OC(C)C)ccc54)nc3)CC2)n1. The molecule has 9 nitrogen and oxygen atoms in total. The molecular weight excluding hydrogens is 458 g/mol. The second-order valence-corrected chi connectivity index (χ2v) is 9.30. The van der Waals surface area contributed by atoms with E-state index >= 15 is 0 Å². The van der Waals surface area contributed by atoms with Crippen LogP contribution >= 0.6 is 0 Å². The average Bonchev–Trinajstić information content (AvgIpc) is 3.52. The number of benzene rings is 1. The maximum Gasteiger partial charge on any atom is 0.324 e. The van der Waals surface area contributed by atoms with E-state index in [1.807, 2.05) is 67.9 Å². The summed E-state index contributed by atoms with van der Waals surface area (Å²) in [6, 6.07) is 12.5. The predicted octanol–water partition coefficient (Wildman–Crippen LogP) is 4.51. The molecule has 0 amide bonds. The molecule has 0 N–H and O–H groups in total. The number of carbonyl (C=O) groups excluding carboxylic acids is 1. The lowest BCUT2D eigenvalue weighted by atomic mass is 10.1. The Balaban J connectivity index is 1.20. The van der Waals surface area contributed by atoms with Gasteiger partial charge in [-0.05, 0) is 49.7 Å². The van der Waals surface area contributed by atoms with Crippen molar-refractivity contribution in [2.24, 2.45) is 0 Å². The number of anilines is 1. The number of hydrogen-bond acceptors (Lipinski definition) is 8. The molecule has 36 heavy (non-hydrogen) atoms. The minimum absolute atomic E-state index is 0.112. The predicted molar refractivity (Wildman–Crippen MR) is 136 cm³/mol. The summed E-state index contributed by atoms with van der Waals surface area (Å²) >= 11 is 0. The van der Waals surface area contributed by atoms with Crippen molar-refractivity contribution < 1.29 is 18.8 Å². The minimum atomic E-state index is -0.216. The molecule has 0 atom stereocenters. The first kappa shape index (κ1) is 23.8. The van der Waals surface area contributed by atoms with Crippen molar-refractivity contribution in [2.75, 3.05) is 18.0 Å². The van der Waals surface area contributed by atoms with Crippen LogP contribution in [0, 0.1) is 0 Å². The fourth-order valence-electron chi connectivity index (χ4n) is 4.43. The second kappa shape index (κ2) is 10.4. The number of rotatable bonds is 8. The third-order valence-corrected chi connectivity index (χ3v) is 6.23. The van der Waals surface area contributed by atoms with Crippen LogP contribution in [0.25, 0.3) is 16.7 Å². The normalized spacial score (nSPS) is 14.5. The molecular formula is C27H31N5O4. The van der Waals surface area contributed by atoms with E-state index in [1.54, 1.807) is 6.20 Å². The lowest BCUT2D eigenvalue weighted by Gasteiger charge is -2.30. The fourth-order valence-corrected chi connectivity index (χ4v) is 4.43. The highest BCUT2D eigenvalue weighted by Gasteiger charge is 2.24. The molecule has 1 aliphatic heterocycles. The third kappa shape index (κ3) is 5.35. The van der Waals surface area contributed by atoms with Crippen LogP contribution in [0.1, 0.15) is 45.0 Å². The van der Waals surface area contributed by atoms with Gasteiger partial charge in [0.1, 0.15) is 17.7 Å². The van der Waals surface area contributed by atoms with Gasteiger partial charge in [-0.15, -0.1) is 0 Å². The molecule has 0 unspecified atom stereocenters. The summed E-state index contributed by atoms with van der Waals surface area (Å²) in [7, 11) is 0. The van der Waals surface area contributed by atoms with Gasteiger partial charge in [0, 0.05) is 43.9 Å². The first-order valence-electron chi connectivity index (χ1n) is 12.5. The first-order chi connectivity index (χ1) is 17.5. The van der Waals surface area contributed by atoms with E-state index in [0.29, 0.717) is 6.01 Å². The highest BCUT2D eigenvalue weighted by atomic mass is 16.5. The summed E-state index contributed by atoms with van der Waals surface area (Å²) < 4.78 is 18.8. The summed E-state index contributed by atoms with van der Waals surface area (Å²) in [6.45, 7) is 7.35. The highest BCUT2D eigenvalue weighted by Crippen LogP contribution is 2.25. The number of piperidine rings is 1. The maximum atomic E-state index is 12.0. The highest BCUT2D eigenvalue weighted by molar-refractivity contribution is 5.84. The van der Waals surface area contributed by atoms with Crippen molar-refractivity contribution in [1.82, 2.24) is 19.7 Å². The molecule has 3 aromatic heterocycles. The fraction of sp³-hybridized carbons (Fsp3) is 0.407. The molecule has 0 spiro atoms. The number of aromatic nitrogens is 4. The van der Waals surface area contributed by atoms with Gasteiger partial charge >= 0.3 is 12.0 Å². The molecule has 1 aromatic carbocycles. The Bertz CT molecular complexity index is 1320. The molecule has 0 radical (unpaired) electrons. The largest absolute Gasteiger partial charge is 0.489 e. The van der Waals surface area contributed by atoms with Crippen LogP contribution in [-0.2, 0) is 22.4 Å². The third-order valence-electron chi connectivity index (χ3n) is 6.23. The number of hydrogen-bond donors (Lipinski definition) is 0. The Labute approximate surface area is 210 Å². The molecule has 0 saturated carbocycles. The van der Waals surface area contributed by atoms with E-state index in [1.165, 1.54) is 0 Å². The number of fused-ring (bicyclic) bond motifs is 1. The number of nitrogens with zero attached hydrogens (tertiary/aromatic N) is 5. The average molecular weight is 490 g/mol. The number of esters is 1. The molecule has 1 aliphatic rings. The maximum absolute atomic E-state index is 12.0. The van der Waals surface area contributed by atoms with E-state index in [-0.39, 0.29) is 24.6 Å². The van der Waals surface area contributed by atoms with Gasteiger partial charge in [-0.25, -0.2) is 4.98 Å². The molecule has 0 bridgehead atoms. The zero-order valence-corrected chi connectivity index (χ0v) is 20.9. The summed E-state index contributed by atoms with van der Waals surface area (Å²) in [5, 5.41) is 5.03. The van der Waals surface area contributed by atoms with Gasteiger partial charge in [-0.2, -0.15) is 4.98 Å². The Hall–Kier alpha value is -3.88. The number of ether oxygens (including phenoxy) is 2. The lowest BCUT2D eigenvalue weighted by molar-refractivity contribution is -0.146. The molecule has 1 fully saturated rings. The Morgan fingerprint density at radius 1 is 1.17 bits per heavy atom. The Morgan fingerprint density at radius 3 is 2.69 bits per heavy atom. The van der Waals surface area contributed by atoms with Gasteiger partial charge in [0.2, 0.25) is 0 Å². The van der Waals surface area contributed by atoms with Crippen molar-refractivity contribution >= 4 is 22.9 Å². The first-order valence-corrected chi connectivity index (χ1v) is 12.5. The standard InChI is InChI=1S/C27H31N5O4/c1-4-24-29-27(36-30-24)31-12-10-21(11-13-31)35-22-6-8-25(28-17-22)32-14-9-20-15-19(5-7-23(20)32)16-26(33)34-18(2)3/h5-9,14-15,17-18,21H,4,10-13,16H2,1-3H3. The Kier molecular flexibility index (Phi) is 6.88. The molecule has 0 aliphatic carbocycles. The summed E-state index contributed by atoms with van der Waals surface area (Å²) in [6.07, 6.45) is 6.55. The van der Waals surface area contributed by atoms with Crippen LogP contribution in [0.4, 0.5) is 6.01 Å². The van der Waals surface area contributed by atoms with Crippen LogP contribution < -0.4 is 9.64 Å². The van der Waals surface area contributed by atoms with Crippen molar-refractivity contribution in [1.29, 1.82) is 0 Å². The monoisotopic (exact) mass is 489 g/mol. The zero-order valence-electron chi connectivity index (χ0n) is 20.9. The van der Waals surface area contributed by atoms with Crippen molar-refractivity contribution in [3.8, 4) is 11.6 Å². The van der Waals surface area contributed by atoms with Crippen LogP contribution in [0.5, 0.6) is 5.75 Å². The van der Waals surface area contributed by atoms with Crippen LogP contribution in [0.2, 0.25) is 0 Å². The van der Waals surface area contributed by atoms with Crippen molar-refractivity contribution in [2.45, 2.75) is 58.7 Å². The molecule has 5 rings (SSSR count). The van der Waals surface area contributed by atoms with Crippen molar-refractivity contribution in [3.05, 3.63) is 60.2 Å². The summed E-state index contributed by atoms with van der Waals surface area (Å²) in [5.74, 6) is 2.08. The van der Waals surface area contributed by atoms with Gasteiger partial charge in [0.05, 0.1) is 24.2 Å². The van der Waals surface area contributed by atoms with Gasteiger partial charge in [0.25, 0.3) is 0 Å². The lowest BCUT2D eigenvalue weighted by Crippen LogP contribution is -2.38. The minimum Gasteiger partial charge on any atom is -0.489 e.